The maximum Gasteiger partial charge on any atom is 0.254 e. The third-order valence-corrected chi connectivity index (χ3v) is 6.97. The van der Waals surface area contributed by atoms with Gasteiger partial charge in [0.05, 0.1) is 0 Å². The number of carbonyl (C=O) groups excluding carboxylic acids is 1. The summed E-state index contributed by atoms with van der Waals surface area (Å²) in [5, 5.41) is 0. The number of amides is 1. The fourth-order valence-corrected chi connectivity index (χ4v) is 4.91. The van der Waals surface area contributed by atoms with Gasteiger partial charge in [0.15, 0.2) is 0 Å². The Morgan fingerprint density at radius 2 is 1.45 bits per heavy atom. The first kappa shape index (κ1) is 21.0. The van der Waals surface area contributed by atoms with Gasteiger partial charge in [-0.15, -0.1) is 0 Å². The van der Waals surface area contributed by atoms with Crippen LogP contribution in [0.1, 0.15) is 10.4 Å². The Hall–Kier alpha value is -3.23. The van der Waals surface area contributed by atoms with Gasteiger partial charge in [-0.25, -0.2) is 12.8 Å². The number of benzene rings is 3. The molecule has 3 aromatic carbocycles. The molecule has 0 unspecified atom stereocenters. The quantitative estimate of drug-likeness (QED) is 0.606. The molecule has 8 heteroatoms. The summed E-state index contributed by atoms with van der Waals surface area (Å²) in [5.74, 6) is 0.217. The molecule has 1 fully saturated rings. The van der Waals surface area contributed by atoms with Crippen molar-refractivity contribution in [1.29, 1.82) is 0 Å². The van der Waals surface area contributed by atoms with Gasteiger partial charge in [-0.1, -0.05) is 36.4 Å². The lowest BCUT2D eigenvalue weighted by Gasteiger charge is -2.34. The number of piperazine rings is 1. The number of sulfonamides is 1. The van der Waals surface area contributed by atoms with Crippen LogP contribution >= 0.6 is 0 Å². The highest BCUT2D eigenvalue weighted by atomic mass is 32.2. The van der Waals surface area contributed by atoms with Gasteiger partial charge in [0.25, 0.3) is 5.91 Å². The summed E-state index contributed by atoms with van der Waals surface area (Å²) in [4.78, 5) is 14.2. The molecule has 1 amide bonds. The Kier molecular flexibility index (Phi) is 6.01. The van der Waals surface area contributed by atoms with Gasteiger partial charge in [-0.05, 0) is 42.5 Å². The zero-order chi connectivity index (χ0) is 21.8. The molecule has 31 heavy (non-hydrogen) atoms. The molecule has 0 spiro atoms. The van der Waals surface area contributed by atoms with Gasteiger partial charge in [0.2, 0.25) is 10.0 Å². The lowest BCUT2D eigenvalue weighted by atomic mass is 10.1. The average Bonchev–Trinajstić information content (AvgIpc) is 2.80. The highest BCUT2D eigenvalue weighted by Crippen LogP contribution is 2.24. The van der Waals surface area contributed by atoms with Crippen LogP contribution in [-0.4, -0.2) is 49.7 Å². The standard InChI is InChI=1S/C23H21FN2O4S/c24-21-11-4-5-12-22(21)31(28,29)26-15-13-25(14-16-26)23(27)18-7-6-10-20(17-18)30-19-8-2-1-3-9-19/h1-12,17H,13-16H2. The molecule has 1 aliphatic heterocycles. The Balaban J connectivity index is 1.43. The van der Waals surface area contributed by atoms with Crippen molar-refractivity contribution < 1.29 is 22.3 Å². The second-order valence-electron chi connectivity index (χ2n) is 7.07. The Labute approximate surface area is 180 Å². The van der Waals surface area contributed by atoms with Crippen LogP contribution in [0.4, 0.5) is 4.39 Å². The van der Waals surface area contributed by atoms with Crippen molar-refractivity contribution in [3.05, 3.63) is 90.2 Å². The van der Waals surface area contributed by atoms with Gasteiger partial charge in [0, 0.05) is 31.7 Å². The molecule has 0 aromatic heterocycles. The molecule has 0 saturated carbocycles. The molecule has 0 bridgehead atoms. The summed E-state index contributed by atoms with van der Waals surface area (Å²) >= 11 is 0. The van der Waals surface area contributed by atoms with Crippen molar-refractivity contribution >= 4 is 15.9 Å². The summed E-state index contributed by atoms with van der Waals surface area (Å²) in [6.07, 6.45) is 0. The number of halogens is 1. The van der Waals surface area contributed by atoms with Crippen LogP contribution in [0, 0.1) is 5.82 Å². The fourth-order valence-electron chi connectivity index (χ4n) is 3.42. The van der Waals surface area contributed by atoms with Gasteiger partial charge in [0.1, 0.15) is 22.2 Å². The van der Waals surface area contributed by atoms with E-state index in [9.17, 15) is 17.6 Å². The second-order valence-corrected chi connectivity index (χ2v) is 8.98. The zero-order valence-electron chi connectivity index (χ0n) is 16.6. The van der Waals surface area contributed by atoms with E-state index in [2.05, 4.69) is 0 Å². The fraction of sp³-hybridized carbons (Fsp3) is 0.174. The third-order valence-electron chi connectivity index (χ3n) is 5.04. The molecule has 3 aromatic rings. The van der Waals surface area contributed by atoms with Crippen molar-refractivity contribution in [2.24, 2.45) is 0 Å². The van der Waals surface area contributed by atoms with Crippen LogP contribution in [0.25, 0.3) is 0 Å². The molecule has 6 nitrogen and oxygen atoms in total. The summed E-state index contributed by atoms with van der Waals surface area (Å²) in [7, 11) is -3.95. The number of hydrogen-bond donors (Lipinski definition) is 0. The van der Waals surface area contributed by atoms with Crippen molar-refractivity contribution in [2.75, 3.05) is 26.2 Å². The van der Waals surface area contributed by atoms with E-state index < -0.39 is 15.8 Å². The molecular formula is C23H21FN2O4S. The van der Waals surface area contributed by atoms with Crippen LogP contribution in [-0.2, 0) is 10.0 Å². The lowest BCUT2D eigenvalue weighted by Crippen LogP contribution is -2.50. The van der Waals surface area contributed by atoms with E-state index in [0.717, 1.165) is 6.07 Å². The number of nitrogens with zero attached hydrogens (tertiary/aromatic N) is 2. The predicted octanol–water partition coefficient (Wildman–Crippen LogP) is 3.76. The molecule has 1 saturated heterocycles. The van der Waals surface area contributed by atoms with Gasteiger partial charge >= 0.3 is 0 Å². The largest absolute Gasteiger partial charge is 0.457 e. The molecule has 0 atom stereocenters. The minimum Gasteiger partial charge on any atom is -0.457 e. The minimum atomic E-state index is -3.95. The molecule has 0 N–H and O–H groups in total. The molecule has 160 valence electrons. The maximum absolute atomic E-state index is 14.0. The van der Waals surface area contributed by atoms with Crippen molar-refractivity contribution in [1.82, 2.24) is 9.21 Å². The summed E-state index contributed by atoms with van der Waals surface area (Å²) in [6.45, 7) is 0.637. The number of hydrogen-bond acceptors (Lipinski definition) is 4. The monoisotopic (exact) mass is 440 g/mol. The number of ether oxygens (including phenoxy) is 1. The molecule has 0 radical (unpaired) electrons. The molecule has 4 rings (SSSR count). The summed E-state index contributed by atoms with van der Waals surface area (Å²) < 4.78 is 46.5. The van der Waals surface area contributed by atoms with Gasteiger partial charge in [-0.3, -0.25) is 4.79 Å². The van der Waals surface area contributed by atoms with E-state index in [1.165, 1.54) is 22.5 Å². The predicted molar refractivity (Wildman–Crippen MR) is 114 cm³/mol. The molecule has 1 heterocycles. The van der Waals surface area contributed by atoms with Crippen LogP contribution in [0.2, 0.25) is 0 Å². The van der Waals surface area contributed by atoms with Crippen LogP contribution in [0.5, 0.6) is 11.5 Å². The molecular weight excluding hydrogens is 419 g/mol. The van der Waals surface area contributed by atoms with Crippen molar-refractivity contribution in [3.63, 3.8) is 0 Å². The van der Waals surface area contributed by atoms with Crippen LogP contribution in [0.15, 0.2) is 83.8 Å². The van der Waals surface area contributed by atoms with Gasteiger partial charge in [-0.2, -0.15) is 4.31 Å². The topological polar surface area (TPSA) is 66.9 Å². The summed E-state index contributed by atoms with van der Waals surface area (Å²) in [5.41, 5.74) is 0.457. The Bertz CT molecular complexity index is 1180. The smallest absolute Gasteiger partial charge is 0.254 e. The van der Waals surface area contributed by atoms with E-state index in [-0.39, 0.29) is 37.0 Å². The maximum atomic E-state index is 14.0. The zero-order valence-corrected chi connectivity index (χ0v) is 17.5. The summed E-state index contributed by atoms with van der Waals surface area (Å²) in [6, 6.07) is 21.4. The second kappa shape index (κ2) is 8.87. The number of rotatable bonds is 5. The van der Waals surface area contributed by atoms with Crippen LogP contribution in [0.3, 0.4) is 0 Å². The Morgan fingerprint density at radius 3 is 2.16 bits per heavy atom. The van der Waals surface area contributed by atoms with Gasteiger partial charge < -0.3 is 9.64 Å². The Morgan fingerprint density at radius 1 is 0.806 bits per heavy atom. The molecule has 0 aliphatic carbocycles. The first-order valence-electron chi connectivity index (χ1n) is 9.82. The molecule has 1 aliphatic rings. The van der Waals surface area contributed by atoms with E-state index in [1.54, 1.807) is 29.2 Å². The number of carbonyl (C=O) groups is 1. The normalized spacial score (nSPS) is 14.9. The van der Waals surface area contributed by atoms with Crippen molar-refractivity contribution in [2.45, 2.75) is 4.90 Å². The van der Waals surface area contributed by atoms with E-state index in [0.29, 0.717) is 17.1 Å². The first-order valence-corrected chi connectivity index (χ1v) is 11.3. The lowest BCUT2D eigenvalue weighted by molar-refractivity contribution is 0.0697. The van der Waals surface area contributed by atoms with Crippen LogP contribution < -0.4 is 4.74 Å². The average molecular weight is 440 g/mol. The van der Waals surface area contributed by atoms with E-state index in [1.807, 2.05) is 30.3 Å². The third kappa shape index (κ3) is 4.60. The SMILES string of the molecule is O=C(c1cccc(Oc2ccccc2)c1)N1CCN(S(=O)(=O)c2ccccc2F)CC1. The van der Waals surface area contributed by atoms with E-state index in [4.69, 9.17) is 4.74 Å². The minimum absolute atomic E-state index is 0.0998. The number of para-hydroxylation sites is 1. The van der Waals surface area contributed by atoms with E-state index >= 15 is 0 Å². The van der Waals surface area contributed by atoms with Crippen molar-refractivity contribution in [3.8, 4) is 11.5 Å². The first-order chi connectivity index (χ1) is 14.9. The highest BCUT2D eigenvalue weighted by molar-refractivity contribution is 7.89. The highest BCUT2D eigenvalue weighted by Gasteiger charge is 2.32.